The minimum absolute atomic E-state index is 0.0149. The third kappa shape index (κ3) is 5.56. The molecule has 3 aromatic heterocycles. The fourth-order valence-corrected chi connectivity index (χ4v) is 4.15. The van der Waals surface area contributed by atoms with Crippen LogP contribution in [0.4, 0.5) is 24.1 Å². The molecule has 0 atom stereocenters. The Bertz CT molecular complexity index is 1240. The summed E-state index contributed by atoms with van der Waals surface area (Å²) < 4.78 is 63.4. The van der Waals surface area contributed by atoms with Crippen molar-refractivity contribution in [3.05, 3.63) is 47.5 Å². The Morgan fingerprint density at radius 2 is 1.78 bits per heavy atom. The predicted molar refractivity (Wildman–Crippen MR) is 113 cm³/mol. The summed E-state index contributed by atoms with van der Waals surface area (Å²) in [6, 6.07) is 2.87. The Morgan fingerprint density at radius 1 is 1.06 bits per heavy atom. The molecule has 2 N–H and O–H groups in total. The lowest BCUT2D eigenvalue weighted by molar-refractivity contribution is -0.141. The predicted octanol–water partition coefficient (Wildman–Crippen LogP) is 3.30. The van der Waals surface area contributed by atoms with E-state index in [1.54, 1.807) is 19.2 Å². The number of rotatable bonds is 6. The van der Waals surface area contributed by atoms with Crippen LogP contribution < -0.4 is 10.0 Å². The first-order valence-electron chi connectivity index (χ1n) is 8.86. The Kier molecular flexibility index (Phi) is 6.20. The Morgan fingerprint density at radius 3 is 2.38 bits per heavy atom. The monoisotopic (exact) mass is 486 g/mol. The Labute approximate surface area is 185 Å². The van der Waals surface area contributed by atoms with Gasteiger partial charge in [0.1, 0.15) is 5.82 Å². The summed E-state index contributed by atoms with van der Waals surface area (Å²) in [4.78, 5) is 28.1. The molecule has 0 spiro atoms. The van der Waals surface area contributed by atoms with E-state index in [4.69, 9.17) is 0 Å². The summed E-state index contributed by atoms with van der Waals surface area (Å²) in [7, 11) is -3.50. The number of aromatic nitrogens is 4. The number of carbonyl (C=O) groups is 1. The highest BCUT2D eigenvalue weighted by atomic mass is 32.2. The van der Waals surface area contributed by atoms with E-state index in [-0.39, 0.29) is 22.2 Å². The van der Waals surface area contributed by atoms with Gasteiger partial charge in [0.15, 0.2) is 10.8 Å². The molecule has 0 aliphatic carbocycles. The molecule has 0 radical (unpaired) electrons. The standard InChI is InChI=1S/C18H17F3N6O3S2/c1-17(2,13-9-31-16(25-13)27-32(3,29)30)15(28)26-14-5-4-10(6-23-14)11-7-22-8-12(24-11)18(19,20)21/h4-9H,1-3H3,(H,25,27)(H,23,26,28). The SMILES string of the molecule is CC(C)(C(=O)Nc1ccc(-c2cncc(C(F)(F)F)n2)cn1)c1csc(NS(C)(=O)=O)n1. The van der Waals surface area contributed by atoms with Gasteiger partial charge in [-0.15, -0.1) is 11.3 Å². The summed E-state index contributed by atoms with van der Waals surface area (Å²) >= 11 is 1.04. The van der Waals surface area contributed by atoms with Gasteiger partial charge in [0.2, 0.25) is 15.9 Å². The lowest BCUT2D eigenvalue weighted by Crippen LogP contribution is -2.35. The molecule has 32 heavy (non-hydrogen) atoms. The van der Waals surface area contributed by atoms with E-state index < -0.39 is 33.2 Å². The number of carbonyl (C=O) groups excluding carboxylic acids is 1. The third-order valence-electron chi connectivity index (χ3n) is 4.21. The van der Waals surface area contributed by atoms with E-state index >= 15 is 0 Å². The van der Waals surface area contributed by atoms with Crippen LogP contribution in [0.25, 0.3) is 11.3 Å². The van der Waals surface area contributed by atoms with Gasteiger partial charge in [0.05, 0.1) is 35.5 Å². The third-order valence-corrected chi connectivity index (χ3v) is 5.66. The fourth-order valence-electron chi connectivity index (χ4n) is 2.42. The summed E-state index contributed by atoms with van der Waals surface area (Å²) in [6.07, 6.45) is -0.556. The van der Waals surface area contributed by atoms with Crippen molar-refractivity contribution in [3.8, 4) is 11.3 Å². The van der Waals surface area contributed by atoms with Gasteiger partial charge in [-0.25, -0.2) is 23.4 Å². The number of halogens is 3. The number of anilines is 2. The van der Waals surface area contributed by atoms with Gasteiger partial charge in [-0.1, -0.05) is 0 Å². The van der Waals surface area contributed by atoms with E-state index in [0.29, 0.717) is 11.9 Å². The number of nitrogens with one attached hydrogen (secondary N) is 2. The number of hydrogen-bond acceptors (Lipinski definition) is 8. The van der Waals surface area contributed by atoms with Crippen molar-refractivity contribution in [1.82, 2.24) is 19.9 Å². The molecular weight excluding hydrogens is 469 g/mol. The molecule has 0 aliphatic rings. The molecule has 0 fully saturated rings. The average molecular weight is 487 g/mol. The van der Waals surface area contributed by atoms with Crippen LogP contribution in [0.3, 0.4) is 0 Å². The number of nitrogens with zero attached hydrogens (tertiary/aromatic N) is 4. The molecular formula is C18H17F3N6O3S2. The van der Waals surface area contributed by atoms with Crippen LogP contribution >= 0.6 is 11.3 Å². The number of thiazole rings is 1. The van der Waals surface area contributed by atoms with E-state index in [0.717, 1.165) is 17.6 Å². The lowest BCUT2D eigenvalue weighted by Gasteiger charge is -2.21. The highest BCUT2D eigenvalue weighted by Gasteiger charge is 2.34. The van der Waals surface area contributed by atoms with Gasteiger partial charge < -0.3 is 5.32 Å². The molecule has 170 valence electrons. The largest absolute Gasteiger partial charge is 0.434 e. The molecule has 0 aliphatic heterocycles. The van der Waals surface area contributed by atoms with E-state index in [1.807, 2.05) is 0 Å². The van der Waals surface area contributed by atoms with Crippen molar-refractivity contribution in [2.45, 2.75) is 25.4 Å². The number of sulfonamides is 1. The molecule has 0 saturated carbocycles. The van der Waals surface area contributed by atoms with Gasteiger partial charge >= 0.3 is 6.18 Å². The average Bonchev–Trinajstić information content (AvgIpc) is 3.15. The van der Waals surface area contributed by atoms with Crippen LogP contribution in [-0.2, 0) is 26.4 Å². The maximum atomic E-state index is 12.8. The van der Waals surface area contributed by atoms with E-state index in [2.05, 4.69) is 30.0 Å². The van der Waals surface area contributed by atoms with E-state index in [9.17, 15) is 26.4 Å². The molecule has 0 bridgehead atoms. The van der Waals surface area contributed by atoms with Crippen molar-refractivity contribution in [1.29, 1.82) is 0 Å². The number of pyridine rings is 1. The first-order chi connectivity index (χ1) is 14.8. The quantitative estimate of drug-likeness (QED) is 0.547. The normalized spacial score (nSPS) is 12.4. The van der Waals surface area contributed by atoms with Gasteiger partial charge in [-0.2, -0.15) is 13.2 Å². The van der Waals surface area contributed by atoms with Gasteiger partial charge in [-0.05, 0) is 26.0 Å². The summed E-state index contributed by atoms with van der Waals surface area (Å²) in [6.45, 7) is 3.21. The van der Waals surface area contributed by atoms with Crippen molar-refractivity contribution >= 4 is 38.2 Å². The van der Waals surface area contributed by atoms with Crippen LogP contribution in [0.5, 0.6) is 0 Å². The summed E-state index contributed by atoms with van der Waals surface area (Å²) in [5.41, 5.74) is -1.62. The fraction of sp³-hybridized carbons (Fsp3) is 0.278. The van der Waals surface area contributed by atoms with Crippen LogP contribution in [0, 0.1) is 0 Å². The highest BCUT2D eigenvalue weighted by Crippen LogP contribution is 2.30. The Hall–Kier alpha value is -3.13. The topological polar surface area (TPSA) is 127 Å². The van der Waals surface area contributed by atoms with Crippen LogP contribution in [0.15, 0.2) is 36.1 Å². The molecule has 3 aromatic rings. The number of hydrogen-bond donors (Lipinski definition) is 2. The van der Waals surface area contributed by atoms with Crippen molar-refractivity contribution in [2.75, 3.05) is 16.3 Å². The first-order valence-corrected chi connectivity index (χ1v) is 11.6. The molecule has 0 aromatic carbocycles. The number of amides is 1. The molecule has 9 nitrogen and oxygen atoms in total. The minimum Gasteiger partial charge on any atom is -0.310 e. The van der Waals surface area contributed by atoms with Gasteiger partial charge in [0, 0.05) is 17.1 Å². The smallest absolute Gasteiger partial charge is 0.310 e. The first kappa shape index (κ1) is 23.5. The number of alkyl halides is 3. The molecule has 3 heterocycles. The summed E-state index contributed by atoms with van der Waals surface area (Å²) in [5, 5.41) is 4.31. The zero-order chi connectivity index (χ0) is 23.7. The zero-order valence-electron chi connectivity index (χ0n) is 16.9. The molecule has 0 saturated heterocycles. The molecule has 3 rings (SSSR count). The lowest BCUT2D eigenvalue weighted by atomic mass is 9.89. The maximum Gasteiger partial charge on any atom is 0.434 e. The Balaban J connectivity index is 1.74. The second-order valence-corrected chi connectivity index (χ2v) is 9.82. The second kappa shape index (κ2) is 8.43. The minimum atomic E-state index is -4.62. The van der Waals surface area contributed by atoms with Crippen LogP contribution in [-0.4, -0.2) is 40.5 Å². The van der Waals surface area contributed by atoms with Crippen molar-refractivity contribution < 1.29 is 26.4 Å². The van der Waals surface area contributed by atoms with Crippen molar-refractivity contribution in [3.63, 3.8) is 0 Å². The van der Waals surface area contributed by atoms with Crippen LogP contribution in [0.2, 0.25) is 0 Å². The molecule has 1 amide bonds. The van der Waals surface area contributed by atoms with E-state index in [1.165, 1.54) is 24.5 Å². The highest BCUT2D eigenvalue weighted by molar-refractivity contribution is 7.92. The second-order valence-electron chi connectivity index (χ2n) is 7.21. The molecule has 0 unspecified atom stereocenters. The maximum absolute atomic E-state index is 12.8. The van der Waals surface area contributed by atoms with Gasteiger partial charge in [-0.3, -0.25) is 14.5 Å². The van der Waals surface area contributed by atoms with Gasteiger partial charge in [0.25, 0.3) is 0 Å². The van der Waals surface area contributed by atoms with Crippen molar-refractivity contribution in [2.24, 2.45) is 0 Å². The van der Waals surface area contributed by atoms with Crippen LogP contribution in [0.1, 0.15) is 25.2 Å². The summed E-state index contributed by atoms with van der Waals surface area (Å²) in [5.74, 6) is -0.302. The molecule has 14 heteroatoms. The zero-order valence-corrected chi connectivity index (χ0v) is 18.6.